The number of hydrogen-bond acceptors (Lipinski definition) is 1. The van der Waals surface area contributed by atoms with Crippen molar-refractivity contribution in [2.24, 2.45) is 0 Å². The van der Waals surface area contributed by atoms with Gasteiger partial charge in [0, 0.05) is 5.69 Å². The van der Waals surface area contributed by atoms with Crippen LogP contribution < -0.4 is 10.6 Å². The van der Waals surface area contributed by atoms with E-state index in [1.54, 1.807) is 0 Å². The highest BCUT2D eigenvalue weighted by molar-refractivity contribution is 7.80. The van der Waals surface area contributed by atoms with Crippen molar-refractivity contribution in [1.82, 2.24) is 5.32 Å². The lowest BCUT2D eigenvalue weighted by atomic mass is 9.94. The number of rotatable bonds is 4. The Labute approximate surface area is 122 Å². The van der Waals surface area contributed by atoms with Crippen LogP contribution in [0, 0.1) is 26.2 Å². The molecule has 0 saturated heterocycles. The summed E-state index contributed by atoms with van der Waals surface area (Å²) in [6, 6.07) is 6.22. The zero-order valence-electron chi connectivity index (χ0n) is 12.1. The van der Waals surface area contributed by atoms with E-state index >= 15 is 0 Å². The van der Waals surface area contributed by atoms with Gasteiger partial charge < -0.3 is 10.6 Å². The lowest BCUT2D eigenvalue weighted by molar-refractivity contribution is 0.461. The fourth-order valence-corrected chi connectivity index (χ4v) is 2.30. The fourth-order valence-electron chi connectivity index (χ4n) is 1.99. The molecule has 0 aromatic heterocycles. The summed E-state index contributed by atoms with van der Waals surface area (Å²) in [6.07, 6.45) is 7.30. The fraction of sp³-hybridized carbons (Fsp3) is 0.438. The summed E-state index contributed by atoms with van der Waals surface area (Å²) < 4.78 is 0. The molecule has 0 aliphatic rings. The molecule has 0 bridgehead atoms. The Morgan fingerprint density at radius 3 is 2.42 bits per heavy atom. The molecular formula is C16H22N2S. The molecule has 0 atom stereocenters. The second-order valence-corrected chi connectivity index (χ2v) is 5.24. The van der Waals surface area contributed by atoms with E-state index in [1.807, 2.05) is 6.07 Å². The molecule has 2 N–H and O–H groups in total. The van der Waals surface area contributed by atoms with E-state index in [0.717, 1.165) is 18.5 Å². The van der Waals surface area contributed by atoms with E-state index in [0.29, 0.717) is 5.11 Å². The molecule has 19 heavy (non-hydrogen) atoms. The first-order valence-corrected chi connectivity index (χ1v) is 7.01. The van der Waals surface area contributed by atoms with Crippen LogP contribution in [0.3, 0.4) is 0 Å². The van der Waals surface area contributed by atoms with Crippen LogP contribution >= 0.6 is 12.2 Å². The van der Waals surface area contributed by atoms with Gasteiger partial charge in [-0.25, -0.2) is 0 Å². The third-order valence-electron chi connectivity index (χ3n) is 3.47. The Balaban J connectivity index is 2.78. The van der Waals surface area contributed by atoms with Crippen LogP contribution in [0.25, 0.3) is 0 Å². The van der Waals surface area contributed by atoms with E-state index in [-0.39, 0.29) is 5.54 Å². The molecule has 0 aliphatic heterocycles. The predicted octanol–water partition coefficient (Wildman–Crippen LogP) is 3.78. The first kappa shape index (κ1) is 15.5. The zero-order chi connectivity index (χ0) is 14.5. The number of aryl methyl sites for hydroxylation is 2. The van der Waals surface area contributed by atoms with Crippen molar-refractivity contribution in [1.29, 1.82) is 0 Å². The van der Waals surface area contributed by atoms with Crippen LogP contribution in [0.15, 0.2) is 18.2 Å². The molecule has 3 heteroatoms. The summed E-state index contributed by atoms with van der Waals surface area (Å²) in [5.74, 6) is 2.82. The van der Waals surface area contributed by atoms with E-state index in [4.69, 9.17) is 18.6 Å². The molecule has 0 heterocycles. The Morgan fingerprint density at radius 2 is 1.95 bits per heavy atom. The van der Waals surface area contributed by atoms with E-state index in [2.05, 4.69) is 56.4 Å². The summed E-state index contributed by atoms with van der Waals surface area (Å²) in [6.45, 7) is 8.27. The average molecular weight is 274 g/mol. The Hall–Kier alpha value is -1.53. The van der Waals surface area contributed by atoms with Crippen LogP contribution in [-0.2, 0) is 0 Å². The van der Waals surface area contributed by atoms with Gasteiger partial charge in [-0.15, -0.1) is 6.42 Å². The number of benzene rings is 1. The summed E-state index contributed by atoms with van der Waals surface area (Å²) >= 11 is 5.36. The highest BCUT2D eigenvalue weighted by Gasteiger charge is 2.23. The molecule has 0 fully saturated rings. The van der Waals surface area contributed by atoms with Crippen LogP contribution in [0.5, 0.6) is 0 Å². The minimum absolute atomic E-state index is 0.358. The number of anilines is 1. The maximum Gasteiger partial charge on any atom is 0.171 e. The first-order chi connectivity index (χ1) is 8.96. The molecule has 0 saturated carbocycles. The van der Waals surface area contributed by atoms with Gasteiger partial charge >= 0.3 is 0 Å². The van der Waals surface area contributed by atoms with Crippen molar-refractivity contribution in [3.05, 3.63) is 29.3 Å². The topological polar surface area (TPSA) is 24.1 Å². The zero-order valence-corrected chi connectivity index (χ0v) is 12.9. The Morgan fingerprint density at radius 1 is 1.32 bits per heavy atom. The molecular weight excluding hydrogens is 252 g/mol. The molecule has 1 aromatic rings. The van der Waals surface area contributed by atoms with Crippen LogP contribution in [0.1, 0.15) is 37.8 Å². The van der Waals surface area contributed by atoms with Gasteiger partial charge in [0.25, 0.3) is 0 Å². The molecule has 0 aliphatic carbocycles. The summed E-state index contributed by atoms with van der Waals surface area (Å²) in [5, 5.41) is 7.05. The largest absolute Gasteiger partial charge is 0.346 e. The van der Waals surface area contributed by atoms with Gasteiger partial charge in [0.05, 0.1) is 5.54 Å². The summed E-state index contributed by atoms with van der Waals surface area (Å²) in [7, 11) is 0. The average Bonchev–Trinajstić information content (AvgIpc) is 2.39. The molecule has 0 radical (unpaired) electrons. The minimum atomic E-state index is -0.358. The molecule has 1 rings (SSSR count). The predicted molar refractivity (Wildman–Crippen MR) is 87.4 cm³/mol. The smallest absolute Gasteiger partial charge is 0.171 e. The van der Waals surface area contributed by atoms with Gasteiger partial charge in [0.1, 0.15) is 0 Å². The highest BCUT2D eigenvalue weighted by atomic mass is 32.1. The molecule has 0 amide bonds. The van der Waals surface area contributed by atoms with E-state index in [9.17, 15) is 0 Å². The standard InChI is InChI=1S/C16H22N2S/c1-6-16(7-2,8-3)18-15(19)17-14-10-9-12(4)11-13(14)5/h1,9-11H,7-8H2,2-5H3,(H2,17,18,19). The van der Waals surface area contributed by atoms with Crippen LogP contribution in [0.2, 0.25) is 0 Å². The van der Waals surface area contributed by atoms with Crippen LogP contribution in [-0.4, -0.2) is 10.7 Å². The van der Waals surface area contributed by atoms with Gasteiger partial charge in [-0.1, -0.05) is 37.5 Å². The van der Waals surface area contributed by atoms with Gasteiger partial charge in [-0.3, -0.25) is 0 Å². The maximum atomic E-state index is 5.62. The van der Waals surface area contributed by atoms with E-state index < -0.39 is 0 Å². The molecule has 0 unspecified atom stereocenters. The Kier molecular flexibility index (Phi) is 5.38. The number of terminal acetylenes is 1. The normalized spacial score (nSPS) is 10.7. The van der Waals surface area contributed by atoms with Crippen molar-refractivity contribution >= 4 is 23.0 Å². The second-order valence-electron chi connectivity index (χ2n) is 4.83. The maximum absolute atomic E-state index is 5.62. The molecule has 2 nitrogen and oxygen atoms in total. The van der Waals surface area contributed by atoms with Crippen molar-refractivity contribution in [3.63, 3.8) is 0 Å². The van der Waals surface area contributed by atoms with Crippen molar-refractivity contribution in [3.8, 4) is 12.3 Å². The van der Waals surface area contributed by atoms with E-state index in [1.165, 1.54) is 11.1 Å². The van der Waals surface area contributed by atoms with Gasteiger partial charge in [-0.05, 0) is 50.5 Å². The van der Waals surface area contributed by atoms with Crippen molar-refractivity contribution < 1.29 is 0 Å². The third-order valence-corrected chi connectivity index (χ3v) is 3.67. The molecule has 0 spiro atoms. The molecule has 102 valence electrons. The number of nitrogens with one attached hydrogen (secondary N) is 2. The van der Waals surface area contributed by atoms with Crippen molar-refractivity contribution in [2.45, 2.75) is 46.1 Å². The van der Waals surface area contributed by atoms with Crippen molar-refractivity contribution in [2.75, 3.05) is 5.32 Å². The quantitative estimate of drug-likeness (QED) is 0.645. The van der Waals surface area contributed by atoms with Gasteiger partial charge in [-0.2, -0.15) is 0 Å². The minimum Gasteiger partial charge on any atom is -0.346 e. The highest BCUT2D eigenvalue weighted by Crippen LogP contribution is 2.18. The number of thiocarbonyl (C=S) groups is 1. The first-order valence-electron chi connectivity index (χ1n) is 6.60. The van der Waals surface area contributed by atoms with Crippen LogP contribution in [0.4, 0.5) is 5.69 Å². The van der Waals surface area contributed by atoms with Gasteiger partial charge in [0.15, 0.2) is 5.11 Å². The lowest BCUT2D eigenvalue weighted by Crippen LogP contribution is -2.48. The van der Waals surface area contributed by atoms with Gasteiger partial charge in [0.2, 0.25) is 0 Å². The number of hydrogen-bond donors (Lipinski definition) is 2. The lowest BCUT2D eigenvalue weighted by Gasteiger charge is -2.29. The monoisotopic (exact) mass is 274 g/mol. The Bertz CT molecular complexity index is 496. The summed E-state index contributed by atoms with van der Waals surface area (Å²) in [5.41, 5.74) is 3.06. The summed E-state index contributed by atoms with van der Waals surface area (Å²) in [4.78, 5) is 0. The second kappa shape index (κ2) is 6.58. The molecule has 1 aromatic carbocycles. The third kappa shape index (κ3) is 3.97. The SMILES string of the molecule is C#CC(CC)(CC)NC(=S)Nc1ccc(C)cc1C.